The van der Waals surface area contributed by atoms with Crippen LogP contribution in [0.1, 0.15) is 25.3 Å². The average Bonchev–Trinajstić information content (AvgIpc) is 2.28. The standard InChI is InChI=1S/C12H17NO4S/c1-9(11-6-4-3-5-7-11)8-18(16,17)13-10(2)12(14)15/h3-7,9-10,13H,8H2,1-2H3,(H,14,15)/t9?,10-/m0/s1. The highest BCUT2D eigenvalue weighted by atomic mass is 32.2. The Morgan fingerprint density at radius 3 is 2.33 bits per heavy atom. The molecule has 0 heterocycles. The Morgan fingerprint density at radius 1 is 1.28 bits per heavy atom. The summed E-state index contributed by atoms with van der Waals surface area (Å²) in [7, 11) is -3.60. The van der Waals surface area contributed by atoms with Crippen molar-refractivity contribution >= 4 is 16.0 Å². The first-order valence-corrected chi connectivity index (χ1v) is 7.25. The molecule has 0 aliphatic heterocycles. The van der Waals surface area contributed by atoms with Crippen LogP contribution in [0.25, 0.3) is 0 Å². The van der Waals surface area contributed by atoms with Gasteiger partial charge in [-0.1, -0.05) is 37.3 Å². The molecular weight excluding hydrogens is 254 g/mol. The lowest BCUT2D eigenvalue weighted by Crippen LogP contribution is -2.40. The van der Waals surface area contributed by atoms with E-state index >= 15 is 0 Å². The molecule has 0 amide bonds. The third-order valence-electron chi connectivity index (χ3n) is 2.56. The Bertz CT molecular complexity index is 498. The average molecular weight is 271 g/mol. The van der Waals surface area contributed by atoms with Crippen LogP contribution in [0.2, 0.25) is 0 Å². The number of carboxylic acids is 1. The van der Waals surface area contributed by atoms with E-state index in [1.165, 1.54) is 6.92 Å². The van der Waals surface area contributed by atoms with Crippen LogP contribution >= 0.6 is 0 Å². The highest BCUT2D eigenvalue weighted by Gasteiger charge is 2.22. The fourth-order valence-corrected chi connectivity index (χ4v) is 3.16. The lowest BCUT2D eigenvalue weighted by atomic mass is 10.0. The molecule has 2 atom stereocenters. The molecule has 1 aromatic rings. The van der Waals surface area contributed by atoms with Crippen molar-refractivity contribution < 1.29 is 18.3 Å². The monoisotopic (exact) mass is 271 g/mol. The molecule has 100 valence electrons. The Hall–Kier alpha value is -1.40. The van der Waals surface area contributed by atoms with E-state index in [1.807, 2.05) is 30.3 Å². The van der Waals surface area contributed by atoms with Crippen LogP contribution in [-0.4, -0.2) is 31.3 Å². The molecule has 5 nitrogen and oxygen atoms in total. The van der Waals surface area contributed by atoms with Gasteiger partial charge in [-0.05, 0) is 18.4 Å². The fraction of sp³-hybridized carbons (Fsp3) is 0.417. The van der Waals surface area contributed by atoms with E-state index < -0.39 is 22.0 Å². The number of benzene rings is 1. The maximum atomic E-state index is 11.8. The molecule has 2 N–H and O–H groups in total. The van der Waals surface area contributed by atoms with E-state index in [0.717, 1.165) is 5.56 Å². The predicted octanol–water partition coefficient (Wildman–Crippen LogP) is 1.18. The number of carboxylic acid groups (broad SMARTS) is 1. The molecule has 0 spiro atoms. The van der Waals surface area contributed by atoms with Crippen LogP contribution in [0.4, 0.5) is 0 Å². The van der Waals surface area contributed by atoms with Gasteiger partial charge in [0.2, 0.25) is 10.0 Å². The second-order valence-electron chi connectivity index (χ2n) is 4.27. The van der Waals surface area contributed by atoms with Crippen molar-refractivity contribution in [3.8, 4) is 0 Å². The lowest BCUT2D eigenvalue weighted by Gasteiger charge is -2.14. The molecule has 0 radical (unpaired) electrons. The van der Waals surface area contributed by atoms with Gasteiger partial charge in [0, 0.05) is 0 Å². The molecule has 1 rings (SSSR count). The Kier molecular flexibility index (Phi) is 4.86. The Morgan fingerprint density at radius 2 is 1.83 bits per heavy atom. The van der Waals surface area contributed by atoms with E-state index in [0.29, 0.717) is 0 Å². The summed E-state index contributed by atoms with van der Waals surface area (Å²) in [5, 5.41) is 8.67. The quantitative estimate of drug-likeness (QED) is 0.814. The highest BCUT2D eigenvalue weighted by molar-refractivity contribution is 7.89. The van der Waals surface area contributed by atoms with Crippen molar-refractivity contribution in [1.29, 1.82) is 0 Å². The molecule has 0 aromatic heterocycles. The third-order valence-corrected chi connectivity index (χ3v) is 4.22. The SMILES string of the molecule is CC(CS(=O)(=O)N[C@@H](C)C(=O)O)c1ccccc1. The molecule has 0 bridgehead atoms. The van der Waals surface area contributed by atoms with E-state index in [4.69, 9.17) is 5.11 Å². The van der Waals surface area contributed by atoms with Gasteiger partial charge in [0.15, 0.2) is 0 Å². The minimum Gasteiger partial charge on any atom is -0.480 e. The molecule has 6 heteroatoms. The van der Waals surface area contributed by atoms with Gasteiger partial charge in [-0.15, -0.1) is 0 Å². The summed E-state index contributed by atoms with van der Waals surface area (Å²) in [5.41, 5.74) is 0.908. The van der Waals surface area contributed by atoms with Gasteiger partial charge in [-0.25, -0.2) is 13.1 Å². The van der Waals surface area contributed by atoms with E-state index in [-0.39, 0.29) is 11.7 Å². The summed E-state index contributed by atoms with van der Waals surface area (Å²) in [6.45, 7) is 3.09. The molecule has 0 saturated heterocycles. The summed E-state index contributed by atoms with van der Waals surface area (Å²) in [6, 6.07) is 8.12. The number of aliphatic carboxylic acids is 1. The smallest absolute Gasteiger partial charge is 0.321 e. The molecule has 0 aliphatic carbocycles. The number of hydrogen-bond acceptors (Lipinski definition) is 3. The lowest BCUT2D eigenvalue weighted by molar-refractivity contribution is -0.138. The number of hydrogen-bond donors (Lipinski definition) is 2. The van der Waals surface area contributed by atoms with Gasteiger partial charge in [-0.3, -0.25) is 4.79 Å². The molecule has 18 heavy (non-hydrogen) atoms. The number of rotatable bonds is 6. The zero-order valence-corrected chi connectivity index (χ0v) is 11.1. The fourth-order valence-electron chi connectivity index (χ4n) is 1.57. The topological polar surface area (TPSA) is 83.5 Å². The Labute approximate surface area is 107 Å². The second kappa shape index (κ2) is 5.97. The number of sulfonamides is 1. The normalized spacial score (nSPS) is 15.0. The summed E-state index contributed by atoms with van der Waals surface area (Å²) >= 11 is 0. The van der Waals surface area contributed by atoms with Crippen molar-refractivity contribution in [3.63, 3.8) is 0 Å². The second-order valence-corrected chi connectivity index (χ2v) is 6.07. The van der Waals surface area contributed by atoms with Crippen LogP contribution in [0.3, 0.4) is 0 Å². The van der Waals surface area contributed by atoms with Gasteiger partial charge >= 0.3 is 5.97 Å². The van der Waals surface area contributed by atoms with E-state index in [1.54, 1.807) is 6.92 Å². The van der Waals surface area contributed by atoms with Crippen molar-refractivity contribution in [2.75, 3.05) is 5.75 Å². The van der Waals surface area contributed by atoms with Crippen LogP contribution < -0.4 is 4.72 Å². The van der Waals surface area contributed by atoms with Crippen molar-refractivity contribution in [2.45, 2.75) is 25.8 Å². The molecule has 0 aliphatic rings. The van der Waals surface area contributed by atoms with Crippen LogP contribution in [0, 0.1) is 0 Å². The minimum absolute atomic E-state index is 0.130. The number of nitrogens with one attached hydrogen (secondary N) is 1. The van der Waals surface area contributed by atoms with Crippen LogP contribution in [0.5, 0.6) is 0 Å². The Balaban J connectivity index is 2.69. The summed E-state index contributed by atoms with van der Waals surface area (Å²) in [6.07, 6.45) is 0. The highest BCUT2D eigenvalue weighted by Crippen LogP contribution is 2.16. The summed E-state index contributed by atoms with van der Waals surface area (Å²) in [5.74, 6) is -1.51. The molecule has 1 aromatic carbocycles. The maximum Gasteiger partial charge on any atom is 0.321 e. The first-order chi connectivity index (χ1) is 8.32. The zero-order chi connectivity index (χ0) is 13.8. The van der Waals surface area contributed by atoms with Gasteiger partial charge in [0.05, 0.1) is 5.75 Å². The summed E-state index contributed by atoms with van der Waals surface area (Å²) < 4.78 is 25.6. The maximum absolute atomic E-state index is 11.8. The zero-order valence-electron chi connectivity index (χ0n) is 10.3. The summed E-state index contributed by atoms with van der Waals surface area (Å²) in [4.78, 5) is 10.6. The van der Waals surface area contributed by atoms with Crippen LogP contribution in [-0.2, 0) is 14.8 Å². The first kappa shape index (κ1) is 14.7. The molecule has 0 fully saturated rings. The molecule has 1 unspecified atom stereocenters. The predicted molar refractivity (Wildman–Crippen MR) is 68.9 cm³/mol. The minimum atomic E-state index is -3.60. The molecular formula is C12H17NO4S. The van der Waals surface area contributed by atoms with Crippen molar-refractivity contribution in [1.82, 2.24) is 4.72 Å². The van der Waals surface area contributed by atoms with Gasteiger partial charge in [0.1, 0.15) is 6.04 Å². The first-order valence-electron chi connectivity index (χ1n) is 5.59. The molecule has 0 saturated carbocycles. The number of carbonyl (C=O) groups is 1. The van der Waals surface area contributed by atoms with Crippen molar-refractivity contribution in [2.24, 2.45) is 0 Å². The van der Waals surface area contributed by atoms with Crippen LogP contribution in [0.15, 0.2) is 30.3 Å². The largest absolute Gasteiger partial charge is 0.480 e. The van der Waals surface area contributed by atoms with E-state index in [9.17, 15) is 13.2 Å². The van der Waals surface area contributed by atoms with Gasteiger partial charge in [-0.2, -0.15) is 0 Å². The van der Waals surface area contributed by atoms with Gasteiger partial charge < -0.3 is 5.11 Å². The van der Waals surface area contributed by atoms with Gasteiger partial charge in [0.25, 0.3) is 0 Å². The third kappa shape index (κ3) is 4.46. The van der Waals surface area contributed by atoms with Crippen molar-refractivity contribution in [3.05, 3.63) is 35.9 Å². The van der Waals surface area contributed by atoms with E-state index in [2.05, 4.69) is 4.72 Å².